The molecule has 6 nitrogen and oxygen atoms in total. The molecule has 4 rings (SSSR count). The predicted molar refractivity (Wildman–Crippen MR) is 119 cm³/mol. The second-order valence-corrected chi connectivity index (χ2v) is 7.88. The third kappa shape index (κ3) is 4.16. The van der Waals surface area contributed by atoms with Crippen molar-refractivity contribution in [1.29, 1.82) is 0 Å². The number of thiocarbonyl (C=S) groups is 1. The molecule has 29 heavy (non-hydrogen) atoms. The first-order valence-corrected chi connectivity index (χ1v) is 10.3. The second-order valence-electron chi connectivity index (χ2n) is 7.49. The molecule has 0 radical (unpaired) electrons. The van der Waals surface area contributed by atoms with Crippen LogP contribution in [0.25, 0.3) is 5.69 Å². The predicted octanol–water partition coefficient (Wildman–Crippen LogP) is 3.19. The summed E-state index contributed by atoms with van der Waals surface area (Å²) in [6.45, 7) is 1.90. The minimum atomic E-state index is -0.00613. The van der Waals surface area contributed by atoms with Crippen molar-refractivity contribution in [1.82, 2.24) is 29.7 Å². The van der Waals surface area contributed by atoms with E-state index in [9.17, 15) is 0 Å². The van der Waals surface area contributed by atoms with Crippen LogP contribution in [0.1, 0.15) is 29.9 Å². The molecule has 0 bridgehead atoms. The summed E-state index contributed by atoms with van der Waals surface area (Å²) in [5, 5.41) is 4.31. The second kappa shape index (κ2) is 8.71. The highest BCUT2D eigenvalue weighted by molar-refractivity contribution is 7.80. The summed E-state index contributed by atoms with van der Waals surface area (Å²) < 4.78 is 2.20. The third-order valence-electron chi connectivity index (χ3n) is 5.21. The van der Waals surface area contributed by atoms with Crippen LogP contribution in [0.4, 0.5) is 0 Å². The smallest absolute Gasteiger partial charge is 0.170 e. The van der Waals surface area contributed by atoms with Gasteiger partial charge in [0.1, 0.15) is 0 Å². The van der Waals surface area contributed by atoms with Gasteiger partial charge in [-0.25, -0.2) is 0 Å². The van der Waals surface area contributed by atoms with Crippen molar-refractivity contribution in [2.75, 3.05) is 27.2 Å². The van der Waals surface area contributed by atoms with Gasteiger partial charge in [-0.3, -0.25) is 9.97 Å². The molecule has 1 aliphatic heterocycles. The van der Waals surface area contributed by atoms with E-state index in [0.29, 0.717) is 0 Å². The lowest BCUT2D eigenvalue weighted by Crippen LogP contribution is -2.33. The quantitative estimate of drug-likeness (QED) is 0.608. The molecule has 1 N–H and O–H groups in total. The van der Waals surface area contributed by atoms with E-state index in [4.69, 9.17) is 12.2 Å². The number of rotatable bonds is 7. The van der Waals surface area contributed by atoms with Crippen molar-refractivity contribution in [3.8, 4) is 5.69 Å². The van der Waals surface area contributed by atoms with E-state index in [1.807, 2.05) is 30.6 Å². The molecule has 150 valence electrons. The molecule has 1 fully saturated rings. The minimum absolute atomic E-state index is 0.00613. The normalized spacial score (nSPS) is 19.0. The van der Waals surface area contributed by atoms with E-state index in [2.05, 4.69) is 74.2 Å². The van der Waals surface area contributed by atoms with Crippen LogP contribution >= 0.6 is 12.2 Å². The molecule has 0 amide bonds. The Hall–Kier alpha value is -2.77. The molecule has 7 heteroatoms. The van der Waals surface area contributed by atoms with Crippen molar-refractivity contribution in [3.05, 3.63) is 78.6 Å². The Morgan fingerprint density at radius 1 is 1.10 bits per heavy atom. The first-order valence-electron chi connectivity index (χ1n) is 9.85. The van der Waals surface area contributed by atoms with Crippen molar-refractivity contribution in [2.45, 2.75) is 18.5 Å². The van der Waals surface area contributed by atoms with Gasteiger partial charge in [-0.05, 0) is 75.7 Å². The zero-order chi connectivity index (χ0) is 20.2. The van der Waals surface area contributed by atoms with E-state index in [1.165, 1.54) is 5.69 Å². The number of hydrogen-bond donors (Lipinski definition) is 1. The zero-order valence-electron chi connectivity index (χ0n) is 16.8. The van der Waals surface area contributed by atoms with E-state index in [0.717, 1.165) is 36.0 Å². The number of aromatic nitrogens is 3. The highest BCUT2D eigenvalue weighted by Gasteiger charge is 2.40. The molecule has 4 heterocycles. The minimum Gasteiger partial charge on any atom is -0.352 e. The Labute approximate surface area is 177 Å². The topological polar surface area (TPSA) is 49.2 Å². The van der Waals surface area contributed by atoms with Crippen LogP contribution in [0, 0.1) is 0 Å². The monoisotopic (exact) mass is 406 g/mol. The number of nitrogens with one attached hydrogen (secondary N) is 1. The fourth-order valence-electron chi connectivity index (χ4n) is 3.89. The van der Waals surface area contributed by atoms with Crippen LogP contribution in [0.15, 0.2) is 67.3 Å². The molecule has 2 atom stereocenters. The Bertz CT molecular complexity index is 940. The lowest BCUT2D eigenvalue weighted by atomic mass is 10.0. The first kappa shape index (κ1) is 19.5. The van der Waals surface area contributed by atoms with Crippen LogP contribution in [0.3, 0.4) is 0 Å². The lowest BCUT2D eigenvalue weighted by Gasteiger charge is -2.29. The Morgan fingerprint density at radius 3 is 2.72 bits per heavy atom. The summed E-state index contributed by atoms with van der Waals surface area (Å²) in [6.07, 6.45) is 8.64. The number of pyridine rings is 2. The van der Waals surface area contributed by atoms with Gasteiger partial charge >= 0.3 is 0 Å². The fraction of sp³-hybridized carbons (Fsp3) is 0.318. The molecule has 0 aromatic carbocycles. The summed E-state index contributed by atoms with van der Waals surface area (Å²) in [5.41, 5.74) is 3.21. The van der Waals surface area contributed by atoms with Gasteiger partial charge in [0.25, 0.3) is 0 Å². The highest BCUT2D eigenvalue weighted by Crippen LogP contribution is 2.39. The Morgan fingerprint density at radius 2 is 2.00 bits per heavy atom. The van der Waals surface area contributed by atoms with Crippen molar-refractivity contribution in [2.24, 2.45) is 0 Å². The number of nitrogens with zero attached hydrogens (tertiary/aromatic N) is 5. The molecule has 3 aromatic rings. The van der Waals surface area contributed by atoms with Gasteiger partial charge in [0, 0.05) is 30.8 Å². The van der Waals surface area contributed by atoms with Crippen LogP contribution < -0.4 is 5.32 Å². The summed E-state index contributed by atoms with van der Waals surface area (Å²) in [6, 6.07) is 14.4. The molecule has 0 unspecified atom stereocenters. The Balaban J connectivity index is 1.72. The largest absolute Gasteiger partial charge is 0.352 e. The lowest BCUT2D eigenvalue weighted by molar-refractivity contribution is 0.286. The molecule has 0 aliphatic carbocycles. The standard InChI is InChI=1S/C22H26N6S/c1-26(2)13-7-15-28-21(20(25-22(28)29)18-9-3-4-12-24-18)19-10-6-14-27(19)17-8-5-11-23-16-17/h3-6,8-12,14,16,20-21H,7,13,15H2,1-2H3,(H,25,29)/t20-,21+/m1/s1. The average molecular weight is 407 g/mol. The van der Waals surface area contributed by atoms with E-state index >= 15 is 0 Å². The molecule has 3 aromatic heterocycles. The van der Waals surface area contributed by atoms with Crippen LogP contribution in [-0.4, -0.2) is 56.6 Å². The third-order valence-corrected chi connectivity index (χ3v) is 5.56. The molecule has 0 spiro atoms. The van der Waals surface area contributed by atoms with Gasteiger partial charge in [0.05, 0.1) is 29.7 Å². The summed E-state index contributed by atoms with van der Waals surface area (Å²) in [4.78, 5) is 13.4. The van der Waals surface area contributed by atoms with Gasteiger partial charge in [0.15, 0.2) is 5.11 Å². The summed E-state index contributed by atoms with van der Waals surface area (Å²) >= 11 is 5.76. The van der Waals surface area contributed by atoms with Crippen LogP contribution in [-0.2, 0) is 0 Å². The fourth-order valence-corrected chi connectivity index (χ4v) is 4.22. The molecule has 0 saturated carbocycles. The van der Waals surface area contributed by atoms with E-state index < -0.39 is 0 Å². The van der Waals surface area contributed by atoms with E-state index in [1.54, 1.807) is 6.20 Å². The van der Waals surface area contributed by atoms with E-state index in [-0.39, 0.29) is 12.1 Å². The van der Waals surface area contributed by atoms with Gasteiger partial charge in [-0.1, -0.05) is 6.07 Å². The van der Waals surface area contributed by atoms with Crippen molar-refractivity contribution >= 4 is 17.3 Å². The maximum absolute atomic E-state index is 5.76. The van der Waals surface area contributed by atoms with Gasteiger partial charge in [0.2, 0.25) is 0 Å². The number of hydrogen-bond acceptors (Lipinski definition) is 4. The maximum Gasteiger partial charge on any atom is 0.170 e. The summed E-state index contributed by atoms with van der Waals surface area (Å²) in [5.74, 6) is 0. The first-order chi connectivity index (χ1) is 14.1. The summed E-state index contributed by atoms with van der Waals surface area (Å²) in [7, 11) is 4.20. The SMILES string of the molecule is CN(C)CCCN1C(=S)N[C@H](c2ccccn2)[C@@H]1c1cccn1-c1cccnc1. The van der Waals surface area contributed by atoms with Gasteiger partial charge < -0.3 is 19.7 Å². The van der Waals surface area contributed by atoms with Gasteiger partial charge in [-0.15, -0.1) is 0 Å². The highest BCUT2D eigenvalue weighted by atomic mass is 32.1. The molecule has 1 saturated heterocycles. The van der Waals surface area contributed by atoms with Crippen molar-refractivity contribution in [3.63, 3.8) is 0 Å². The van der Waals surface area contributed by atoms with Crippen molar-refractivity contribution < 1.29 is 0 Å². The molecular formula is C22H26N6S. The average Bonchev–Trinajstić information content (AvgIpc) is 3.34. The maximum atomic E-state index is 5.76. The molecular weight excluding hydrogens is 380 g/mol. The van der Waals surface area contributed by atoms with Gasteiger partial charge in [-0.2, -0.15) is 0 Å². The molecule has 1 aliphatic rings. The van der Waals surface area contributed by atoms with Crippen LogP contribution in [0.2, 0.25) is 0 Å². The zero-order valence-corrected chi connectivity index (χ0v) is 17.6. The Kier molecular flexibility index (Phi) is 5.87. The van der Waals surface area contributed by atoms with Crippen LogP contribution in [0.5, 0.6) is 0 Å².